The van der Waals surface area contributed by atoms with Crippen LogP contribution in [0, 0.1) is 0 Å². The Balaban J connectivity index is 1.27. The molecule has 1 N–H and O–H groups in total. The van der Waals surface area contributed by atoms with E-state index in [1.54, 1.807) is 23.2 Å². The Morgan fingerprint density at radius 2 is 1.73 bits per heavy atom. The first-order valence-corrected chi connectivity index (χ1v) is 10.2. The lowest BCUT2D eigenvalue weighted by atomic mass is 10.2. The van der Waals surface area contributed by atoms with Gasteiger partial charge in [0.15, 0.2) is 0 Å². The molecule has 0 bridgehead atoms. The minimum absolute atomic E-state index is 0.257. The van der Waals surface area contributed by atoms with E-state index in [0.717, 1.165) is 30.0 Å². The molecule has 154 valence electrons. The maximum Gasteiger partial charge on any atom is 0.410 e. The fourth-order valence-corrected chi connectivity index (χ4v) is 3.49. The highest BCUT2D eigenvalue weighted by Crippen LogP contribution is 2.22. The number of benzene rings is 2. The summed E-state index contributed by atoms with van der Waals surface area (Å²) in [6, 6.07) is 21.4. The maximum absolute atomic E-state index is 12.3. The number of rotatable bonds is 5. The van der Waals surface area contributed by atoms with Gasteiger partial charge in [-0.3, -0.25) is 0 Å². The molecule has 0 radical (unpaired) electrons. The number of nitrogens with zero attached hydrogens (tertiary/aromatic N) is 3. The Morgan fingerprint density at radius 1 is 1.00 bits per heavy atom. The number of aromatic nitrogens is 1. The van der Waals surface area contributed by atoms with Gasteiger partial charge in [-0.05, 0) is 42.0 Å². The van der Waals surface area contributed by atoms with Crippen LogP contribution in [0.5, 0.6) is 0 Å². The molecule has 1 aliphatic heterocycles. The summed E-state index contributed by atoms with van der Waals surface area (Å²) in [5, 5.41) is 3.88. The second-order valence-electron chi connectivity index (χ2n) is 7.05. The van der Waals surface area contributed by atoms with Crippen LogP contribution in [-0.4, -0.2) is 42.2 Å². The van der Waals surface area contributed by atoms with E-state index >= 15 is 0 Å². The zero-order chi connectivity index (χ0) is 20.8. The highest BCUT2D eigenvalue weighted by molar-refractivity contribution is 6.30. The number of halogens is 1. The lowest BCUT2D eigenvalue weighted by molar-refractivity contribution is 0.0942. The van der Waals surface area contributed by atoms with E-state index in [1.807, 2.05) is 42.5 Å². The van der Waals surface area contributed by atoms with E-state index in [9.17, 15) is 4.79 Å². The largest absolute Gasteiger partial charge is 0.445 e. The van der Waals surface area contributed by atoms with Crippen LogP contribution < -0.4 is 10.2 Å². The van der Waals surface area contributed by atoms with Gasteiger partial charge in [0.25, 0.3) is 0 Å². The van der Waals surface area contributed by atoms with Crippen molar-refractivity contribution in [3.05, 3.63) is 83.5 Å². The molecule has 7 heteroatoms. The van der Waals surface area contributed by atoms with Gasteiger partial charge in [0, 0.05) is 48.8 Å². The molecule has 1 amide bonds. The molecular weight excluding hydrogens is 400 g/mol. The van der Waals surface area contributed by atoms with Crippen molar-refractivity contribution in [2.45, 2.75) is 6.61 Å². The predicted octanol–water partition coefficient (Wildman–Crippen LogP) is 4.94. The summed E-state index contributed by atoms with van der Waals surface area (Å²) in [7, 11) is 0. The van der Waals surface area contributed by atoms with Crippen molar-refractivity contribution >= 4 is 34.9 Å². The molecule has 0 saturated carbocycles. The van der Waals surface area contributed by atoms with E-state index < -0.39 is 0 Å². The van der Waals surface area contributed by atoms with Crippen LogP contribution in [0.25, 0.3) is 0 Å². The number of carbonyl (C=O) groups is 1. The number of piperazine rings is 1. The number of hydrogen-bond donors (Lipinski definition) is 1. The Labute approximate surface area is 181 Å². The van der Waals surface area contributed by atoms with Gasteiger partial charge in [-0.15, -0.1) is 0 Å². The lowest BCUT2D eigenvalue weighted by Gasteiger charge is -2.35. The van der Waals surface area contributed by atoms with Crippen molar-refractivity contribution in [3.63, 3.8) is 0 Å². The van der Waals surface area contributed by atoms with Gasteiger partial charge in [0.1, 0.15) is 12.4 Å². The number of amides is 1. The van der Waals surface area contributed by atoms with Gasteiger partial charge in [-0.1, -0.05) is 41.9 Å². The third-order valence-electron chi connectivity index (χ3n) is 4.97. The number of nitrogens with one attached hydrogen (secondary N) is 1. The van der Waals surface area contributed by atoms with Crippen molar-refractivity contribution < 1.29 is 9.53 Å². The molecule has 3 aromatic rings. The minimum Gasteiger partial charge on any atom is -0.445 e. The number of ether oxygens (including phenoxy) is 1. The Hall–Kier alpha value is -3.25. The molecule has 0 aliphatic carbocycles. The quantitative estimate of drug-likeness (QED) is 0.631. The van der Waals surface area contributed by atoms with E-state index in [1.165, 1.54) is 0 Å². The highest BCUT2D eigenvalue weighted by atomic mass is 35.5. The first-order valence-electron chi connectivity index (χ1n) is 9.86. The van der Waals surface area contributed by atoms with Gasteiger partial charge in [-0.25, -0.2) is 9.78 Å². The summed E-state index contributed by atoms with van der Waals surface area (Å²) in [6.45, 7) is 3.11. The number of anilines is 3. The Kier molecular flexibility index (Phi) is 6.35. The standard InChI is InChI=1S/C23H23ClN4O2/c24-19-10-11-25-22(16-19)26-20-6-8-21(9-7-20)27-12-14-28(15-13-27)23(29)30-17-18-4-2-1-3-5-18/h1-11,16H,12-15,17H2,(H,25,26). The van der Waals surface area contributed by atoms with Crippen LogP contribution in [-0.2, 0) is 11.3 Å². The second-order valence-corrected chi connectivity index (χ2v) is 7.48. The molecule has 2 aromatic carbocycles. The van der Waals surface area contributed by atoms with Crippen molar-refractivity contribution in [2.24, 2.45) is 0 Å². The van der Waals surface area contributed by atoms with Crippen molar-refractivity contribution in [1.29, 1.82) is 0 Å². The summed E-state index contributed by atoms with van der Waals surface area (Å²) in [6.07, 6.45) is 1.41. The van der Waals surface area contributed by atoms with Crippen LogP contribution in [0.3, 0.4) is 0 Å². The fourth-order valence-electron chi connectivity index (χ4n) is 3.33. The number of pyridine rings is 1. The van der Waals surface area contributed by atoms with Gasteiger partial charge >= 0.3 is 6.09 Å². The average molecular weight is 423 g/mol. The monoisotopic (exact) mass is 422 g/mol. The van der Waals surface area contributed by atoms with Crippen molar-refractivity contribution in [3.8, 4) is 0 Å². The molecule has 30 heavy (non-hydrogen) atoms. The Morgan fingerprint density at radius 3 is 2.43 bits per heavy atom. The maximum atomic E-state index is 12.3. The molecule has 4 rings (SSSR count). The van der Waals surface area contributed by atoms with Crippen LogP contribution in [0.1, 0.15) is 5.56 Å². The number of carbonyl (C=O) groups excluding carboxylic acids is 1. The van der Waals surface area contributed by atoms with Crippen LogP contribution in [0.4, 0.5) is 22.0 Å². The van der Waals surface area contributed by atoms with E-state index in [4.69, 9.17) is 16.3 Å². The van der Waals surface area contributed by atoms with Crippen LogP contribution in [0.15, 0.2) is 72.9 Å². The van der Waals surface area contributed by atoms with E-state index in [2.05, 4.69) is 27.3 Å². The average Bonchev–Trinajstić information content (AvgIpc) is 2.79. The van der Waals surface area contributed by atoms with Gasteiger partial charge in [0.2, 0.25) is 0 Å². The molecule has 0 unspecified atom stereocenters. The van der Waals surface area contributed by atoms with Crippen molar-refractivity contribution in [2.75, 3.05) is 36.4 Å². The third-order valence-corrected chi connectivity index (χ3v) is 5.20. The van der Waals surface area contributed by atoms with Crippen LogP contribution >= 0.6 is 11.6 Å². The highest BCUT2D eigenvalue weighted by Gasteiger charge is 2.22. The second kappa shape index (κ2) is 9.50. The molecule has 1 saturated heterocycles. The zero-order valence-corrected chi connectivity index (χ0v) is 17.3. The summed E-state index contributed by atoms with van der Waals surface area (Å²) in [4.78, 5) is 20.6. The predicted molar refractivity (Wildman–Crippen MR) is 119 cm³/mol. The summed E-state index contributed by atoms with van der Waals surface area (Å²) in [5.74, 6) is 0.706. The van der Waals surface area contributed by atoms with Gasteiger partial charge < -0.3 is 19.9 Å². The molecule has 6 nitrogen and oxygen atoms in total. The molecule has 0 spiro atoms. The summed E-state index contributed by atoms with van der Waals surface area (Å²) < 4.78 is 5.43. The SMILES string of the molecule is O=C(OCc1ccccc1)N1CCN(c2ccc(Nc3cc(Cl)ccn3)cc2)CC1. The first kappa shape index (κ1) is 20.0. The normalized spacial score (nSPS) is 13.8. The topological polar surface area (TPSA) is 57.7 Å². The summed E-state index contributed by atoms with van der Waals surface area (Å²) in [5.41, 5.74) is 3.06. The third kappa shape index (κ3) is 5.21. The van der Waals surface area contributed by atoms with Crippen molar-refractivity contribution in [1.82, 2.24) is 9.88 Å². The molecule has 0 atom stereocenters. The summed E-state index contributed by atoms with van der Waals surface area (Å²) >= 11 is 6.00. The molecule has 1 fully saturated rings. The van der Waals surface area contributed by atoms with Gasteiger partial charge in [0.05, 0.1) is 0 Å². The fraction of sp³-hybridized carbons (Fsp3) is 0.217. The zero-order valence-electron chi connectivity index (χ0n) is 16.5. The Bertz CT molecular complexity index is 974. The molecule has 1 aromatic heterocycles. The van der Waals surface area contributed by atoms with Gasteiger partial charge in [-0.2, -0.15) is 0 Å². The number of hydrogen-bond acceptors (Lipinski definition) is 5. The van der Waals surface area contributed by atoms with Crippen LogP contribution in [0.2, 0.25) is 5.02 Å². The molecular formula is C23H23ClN4O2. The smallest absolute Gasteiger partial charge is 0.410 e. The lowest BCUT2D eigenvalue weighted by Crippen LogP contribution is -2.48. The first-order chi connectivity index (χ1) is 14.7. The van der Waals surface area contributed by atoms with E-state index in [0.29, 0.717) is 30.5 Å². The molecule has 1 aliphatic rings. The minimum atomic E-state index is -0.257. The van der Waals surface area contributed by atoms with E-state index in [-0.39, 0.29) is 6.09 Å². The molecule has 2 heterocycles.